The first-order valence-electron chi connectivity index (χ1n) is 8.56. The molecule has 3 nitrogen and oxygen atoms in total. The second-order valence-electron chi connectivity index (χ2n) is 7.84. The highest BCUT2D eigenvalue weighted by Gasteiger charge is 2.18. The molecule has 126 valence electrons. The van der Waals surface area contributed by atoms with Gasteiger partial charge < -0.3 is 5.32 Å². The Hall–Kier alpha value is -2.29. The normalized spacial score (nSPS) is 17.9. The van der Waals surface area contributed by atoms with Gasteiger partial charge in [0.05, 0.1) is 11.2 Å². The van der Waals surface area contributed by atoms with Gasteiger partial charge in [0, 0.05) is 18.0 Å². The van der Waals surface area contributed by atoms with E-state index in [0.717, 1.165) is 28.8 Å². The summed E-state index contributed by atoms with van der Waals surface area (Å²) in [5, 5.41) is 3.58. The van der Waals surface area contributed by atoms with Crippen molar-refractivity contribution in [1.82, 2.24) is 4.40 Å². The number of aromatic nitrogens is 1. The molecule has 1 aliphatic carbocycles. The topological polar surface area (TPSA) is 33.5 Å². The summed E-state index contributed by atoms with van der Waals surface area (Å²) in [6, 6.07) is 5.88. The van der Waals surface area contributed by atoms with Crippen molar-refractivity contribution in [3.8, 4) is 0 Å². The van der Waals surface area contributed by atoms with Gasteiger partial charge in [-0.2, -0.15) is 0 Å². The Morgan fingerprint density at radius 2 is 2.00 bits per heavy atom. The molecule has 1 N–H and O–H groups in total. The van der Waals surface area contributed by atoms with Crippen molar-refractivity contribution in [3.05, 3.63) is 69.8 Å². The third-order valence-electron chi connectivity index (χ3n) is 4.62. The van der Waals surface area contributed by atoms with E-state index in [1.807, 2.05) is 12.3 Å². The molecule has 0 aliphatic heterocycles. The van der Waals surface area contributed by atoms with Crippen LogP contribution >= 0.6 is 0 Å². The maximum Gasteiger partial charge on any atom is 0.255 e. The molecule has 1 aliphatic rings. The maximum absolute atomic E-state index is 12.6. The molecule has 0 saturated heterocycles. The lowest BCUT2D eigenvalue weighted by Crippen LogP contribution is -2.20. The molecule has 3 rings (SSSR count). The highest BCUT2D eigenvalue weighted by atomic mass is 16.1. The quantitative estimate of drug-likeness (QED) is 0.862. The fourth-order valence-corrected chi connectivity index (χ4v) is 3.09. The Morgan fingerprint density at radius 3 is 2.67 bits per heavy atom. The van der Waals surface area contributed by atoms with Crippen LogP contribution in [0.25, 0.3) is 5.52 Å². The van der Waals surface area contributed by atoms with E-state index < -0.39 is 0 Å². The number of allylic oxidation sites excluding steroid dienone is 4. The molecule has 1 atom stereocenters. The SMILES string of the molecule is Cc1ccn2c(=O)cc(C(C)(C)C)cc2c1NC1=CC=CC(C)C1. The molecule has 0 fully saturated rings. The molecule has 2 aromatic heterocycles. The fraction of sp³-hybridized carbons (Fsp3) is 0.381. The summed E-state index contributed by atoms with van der Waals surface area (Å²) >= 11 is 0. The van der Waals surface area contributed by atoms with Crippen LogP contribution in [-0.2, 0) is 5.41 Å². The van der Waals surface area contributed by atoms with Crippen molar-refractivity contribution in [3.63, 3.8) is 0 Å². The summed E-state index contributed by atoms with van der Waals surface area (Å²) in [6.07, 6.45) is 9.28. The monoisotopic (exact) mass is 322 g/mol. The summed E-state index contributed by atoms with van der Waals surface area (Å²) in [5.41, 5.74) is 5.32. The van der Waals surface area contributed by atoms with E-state index in [1.54, 1.807) is 10.5 Å². The summed E-state index contributed by atoms with van der Waals surface area (Å²) in [5.74, 6) is 0.528. The molecule has 0 radical (unpaired) electrons. The van der Waals surface area contributed by atoms with Gasteiger partial charge in [0.25, 0.3) is 5.56 Å². The van der Waals surface area contributed by atoms with Crippen LogP contribution in [0.5, 0.6) is 0 Å². The molecule has 24 heavy (non-hydrogen) atoms. The second-order valence-corrected chi connectivity index (χ2v) is 7.84. The lowest BCUT2D eigenvalue weighted by atomic mass is 9.87. The van der Waals surface area contributed by atoms with E-state index in [2.05, 4.69) is 64.2 Å². The van der Waals surface area contributed by atoms with E-state index in [1.165, 1.54) is 5.70 Å². The van der Waals surface area contributed by atoms with Gasteiger partial charge in [-0.05, 0) is 54.0 Å². The maximum atomic E-state index is 12.6. The molecule has 0 bridgehead atoms. The molecule has 3 heteroatoms. The lowest BCUT2D eigenvalue weighted by molar-refractivity contribution is 0.589. The van der Waals surface area contributed by atoms with Crippen LogP contribution in [0.4, 0.5) is 5.69 Å². The van der Waals surface area contributed by atoms with Gasteiger partial charge in [-0.3, -0.25) is 9.20 Å². The van der Waals surface area contributed by atoms with Crippen molar-refractivity contribution < 1.29 is 0 Å². The van der Waals surface area contributed by atoms with Gasteiger partial charge in [0.2, 0.25) is 0 Å². The van der Waals surface area contributed by atoms with Crippen LogP contribution in [0.15, 0.2) is 53.1 Å². The van der Waals surface area contributed by atoms with Crippen LogP contribution in [0.3, 0.4) is 0 Å². The third-order valence-corrected chi connectivity index (χ3v) is 4.62. The standard InChI is InChI=1S/C21H26N2O/c1-14-7-6-8-17(11-14)22-20-15(2)9-10-23-18(20)12-16(13-19(23)24)21(3,4)5/h6-10,12-14,22H,11H2,1-5H3. The van der Waals surface area contributed by atoms with Crippen LogP contribution in [-0.4, -0.2) is 4.40 Å². The van der Waals surface area contributed by atoms with Gasteiger partial charge >= 0.3 is 0 Å². The number of anilines is 1. The number of rotatable bonds is 2. The van der Waals surface area contributed by atoms with E-state index in [-0.39, 0.29) is 11.0 Å². The third kappa shape index (κ3) is 3.16. The summed E-state index contributed by atoms with van der Waals surface area (Å²) in [7, 11) is 0. The van der Waals surface area contributed by atoms with E-state index in [0.29, 0.717) is 5.92 Å². The number of pyridine rings is 2. The van der Waals surface area contributed by atoms with Crippen molar-refractivity contribution in [2.24, 2.45) is 5.92 Å². The van der Waals surface area contributed by atoms with Gasteiger partial charge in [-0.25, -0.2) is 0 Å². The van der Waals surface area contributed by atoms with Gasteiger partial charge in [-0.15, -0.1) is 0 Å². The first-order chi connectivity index (χ1) is 11.3. The summed E-state index contributed by atoms with van der Waals surface area (Å²) in [4.78, 5) is 12.6. The predicted octanol–water partition coefficient (Wildman–Crippen LogP) is 4.80. The van der Waals surface area contributed by atoms with Crippen molar-refractivity contribution in [1.29, 1.82) is 0 Å². The number of nitrogens with zero attached hydrogens (tertiary/aromatic N) is 1. The minimum atomic E-state index is -0.0592. The first-order valence-corrected chi connectivity index (χ1v) is 8.56. The molecule has 0 aromatic carbocycles. The Labute approximate surface area is 143 Å². The largest absolute Gasteiger partial charge is 0.357 e. The minimum Gasteiger partial charge on any atom is -0.357 e. The van der Waals surface area contributed by atoms with Crippen molar-refractivity contribution in [2.45, 2.75) is 46.5 Å². The number of hydrogen-bond acceptors (Lipinski definition) is 2. The van der Waals surface area contributed by atoms with Crippen LogP contribution in [0.2, 0.25) is 0 Å². The molecule has 2 heterocycles. The molecular weight excluding hydrogens is 296 g/mol. The lowest BCUT2D eigenvalue weighted by Gasteiger charge is -2.22. The molecule has 0 spiro atoms. The van der Waals surface area contributed by atoms with E-state index in [9.17, 15) is 4.79 Å². The zero-order valence-electron chi connectivity index (χ0n) is 15.2. The zero-order valence-corrected chi connectivity index (χ0v) is 15.2. The number of nitrogens with one attached hydrogen (secondary N) is 1. The first kappa shape index (κ1) is 16.6. The van der Waals surface area contributed by atoms with Crippen LogP contribution in [0.1, 0.15) is 45.2 Å². The van der Waals surface area contributed by atoms with Crippen molar-refractivity contribution >= 4 is 11.2 Å². The zero-order chi connectivity index (χ0) is 17.5. The average molecular weight is 322 g/mol. The van der Waals surface area contributed by atoms with Gasteiger partial charge in [-0.1, -0.05) is 39.8 Å². The average Bonchev–Trinajstić information content (AvgIpc) is 2.49. The highest BCUT2D eigenvalue weighted by molar-refractivity contribution is 5.77. The predicted molar refractivity (Wildman–Crippen MR) is 102 cm³/mol. The Morgan fingerprint density at radius 1 is 1.25 bits per heavy atom. The van der Waals surface area contributed by atoms with Gasteiger partial charge in [0.15, 0.2) is 0 Å². The summed E-state index contributed by atoms with van der Waals surface area (Å²) in [6.45, 7) is 10.7. The van der Waals surface area contributed by atoms with Crippen LogP contribution < -0.4 is 10.9 Å². The molecule has 2 aromatic rings. The Balaban J connectivity index is 2.17. The van der Waals surface area contributed by atoms with Crippen molar-refractivity contribution in [2.75, 3.05) is 5.32 Å². The molecule has 0 amide bonds. The minimum absolute atomic E-state index is 0.0198. The van der Waals surface area contributed by atoms with Gasteiger partial charge in [0.1, 0.15) is 0 Å². The number of aryl methyl sites for hydroxylation is 1. The highest BCUT2D eigenvalue weighted by Crippen LogP contribution is 2.29. The van der Waals surface area contributed by atoms with Crippen LogP contribution in [0, 0.1) is 12.8 Å². The summed E-state index contributed by atoms with van der Waals surface area (Å²) < 4.78 is 1.73. The second kappa shape index (κ2) is 5.97. The Bertz CT molecular complexity index is 894. The van der Waals surface area contributed by atoms with E-state index in [4.69, 9.17) is 0 Å². The smallest absolute Gasteiger partial charge is 0.255 e. The molecular formula is C21H26N2O. The Kier molecular flexibility index (Phi) is 4.12. The fourth-order valence-electron chi connectivity index (χ4n) is 3.09. The van der Waals surface area contributed by atoms with E-state index >= 15 is 0 Å². The molecule has 0 saturated carbocycles. The number of fused-ring (bicyclic) bond motifs is 1. The number of hydrogen-bond donors (Lipinski definition) is 1. The molecule has 1 unspecified atom stereocenters.